The summed E-state index contributed by atoms with van der Waals surface area (Å²) in [4.78, 5) is 21.6. The molecule has 1 atom stereocenters. The summed E-state index contributed by atoms with van der Waals surface area (Å²) >= 11 is 1.69. The van der Waals surface area contributed by atoms with Crippen molar-refractivity contribution in [3.63, 3.8) is 0 Å². The van der Waals surface area contributed by atoms with Gasteiger partial charge in [-0.15, -0.1) is 11.8 Å². The maximum Gasteiger partial charge on any atom is 0.252 e. The van der Waals surface area contributed by atoms with E-state index >= 15 is 0 Å². The van der Waals surface area contributed by atoms with Crippen molar-refractivity contribution in [2.45, 2.75) is 23.8 Å². The summed E-state index contributed by atoms with van der Waals surface area (Å²) in [5, 5.41) is 6.06. The Bertz CT molecular complexity index is 678. The summed E-state index contributed by atoms with van der Waals surface area (Å²) in [6.07, 6.45) is 7.44. The van der Waals surface area contributed by atoms with Gasteiger partial charge in [0.2, 0.25) is 0 Å². The second kappa shape index (κ2) is 9.39. The monoisotopic (exact) mass is 358 g/mol. The number of ether oxygens (including phenoxy) is 1. The van der Waals surface area contributed by atoms with Gasteiger partial charge in [0.1, 0.15) is 5.82 Å². The molecule has 1 amide bonds. The lowest BCUT2D eigenvalue weighted by atomic mass is 10.2. The fraction of sp³-hybridized carbons (Fsp3) is 0.389. The Hall–Kier alpha value is -2.12. The first-order valence-corrected chi connectivity index (χ1v) is 9.43. The number of carbonyl (C=O) groups excluding carboxylic acids is 1. The third-order valence-corrected chi connectivity index (χ3v) is 5.07. The van der Waals surface area contributed by atoms with Crippen LogP contribution in [0.25, 0.3) is 0 Å². The normalized spacial score (nSPS) is 16.6. The van der Waals surface area contributed by atoms with Crippen molar-refractivity contribution in [1.29, 1.82) is 0 Å². The molecule has 0 unspecified atom stereocenters. The van der Waals surface area contributed by atoms with Crippen molar-refractivity contribution in [3.8, 4) is 0 Å². The number of benzene rings is 1. The first-order valence-electron chi connectivity index (χ1n) is 8.44. The highest BCUT2D eigenvalue weighted by Crippen LogP contribution is 2.26. The van der Waals surface area contributed by atoms with Crippen LogP contribution in [0.4, 0.5) is 5.82 Å². The quantitative estimate of drug-likeness (QED) is 0.558. The minimum absolute atomic E-state index is 0.0589. The van der Waals surface area contributed by atoms with Crippen molar-refractivity contribution in [2.24, 2.45) is 0 Å². The number of anilines is 1. The third-order valence-electron chi connectivity index (χ3n) is 3.86. The molecule has 2 heterocycles. The average Bonchev–Trinajstić information content (AvgIpc) is 3.18. The minimum atomic E-state index is -0.0589. The summed E-state index contributed by atoms with van der Waals surface area (Å²) in [7, 11) is 0. The largest absolute Gasteiger partial charge is 0.377 e. The smallest absolute Gasteiger partial charge is 0.252 e. The number of hydrogen-bond acceptors (Lipinski definition) is 6. The molecule has 25 heavy (non-hydrogen) atoms. The molecule has 2 N–H and O–H groups in total. The molecule has 1 saturated heterocycles. The van der Waals surface area contributed by atoms with Gasteiger partial charge in [0, 0.05) is 42.7 Å². The van der Waals surface area contributed by atoms with E-state index in [0.717, 1.165) is 30.1 Å². The van der Waals surface area contributed by atoms with E-state index in [1.807, 2.05) is 24.3 Å². The molecule has 1 aliphatic heterocycles. The summed E-state index contributed by atoms with van der Waals surface area (Å²) in [6.45, 7) is 1.96. The molecule has 6 nitrogen and oxygen atoms in total. The van der Waals surface area contributed by atoms with Crippen molar-refractivity contribution < 1.29 is 9.53 Å². The number of carbonyl (C=O) groups is 1. The molecule has 0 spiro atoms. The summed E-state index contributed by atoms with van der Waals surface area (Å²) < 4.78 is 5.66. The number of aromatic nitrogens is 2. The van der Waals surface area contributed by atoms with Crippen LogP contribution in [-0.4, -0.2) is 47.4 Å². The van der Waals surface area contributed by atoms with Crippen LogP contribution in [0.15, 0.2) is 47.8 Å². The first kappa shape index (κ1) is 17.7. The minimum Gasteiger partial charge on any atom is -0.377 e. The number of nitrogens with zero attached hydrogens (tertiary/aromatic N) is 2. The molecule has 1 aliphatic rings. The van der Waals surface area contributed by atoms with Gasteiger partial charge >= 0.3 is 0 Å². The van der Waals surface area contributed by atoms with Gasteiger partial charge in [0.15, 0.2) is 0 Å². The van der Waals surface area contributed by atoms with Crippen LogP contribution in [0, 0.1) is 0 Å². The van der Waals surface area contributed by atoms with Gasteiger partial charge in [-0.25, -0.2) is 4.98 Å². The highest BCUT2D eigenvalue weighted by molar-refractivity contribution is 7.99. The second-order valence-corrected chi connectivity index (χ2v) is 6.78. The fourth-order valence-electron chi connectivity index (χ4n) is 2.59. The summed E-state index contributed by atoms with van der Waals surface area (Å²) in [6, 6.07) is 7.71. The topological polar surface area (TPSA) is 76.1 Å². The summed E-state index contributed by atoms with van der Waals surface area (Å²) in [5.41, 5.74) is 0.713. The number of amides is 1. The van der Waals surface area contributed by atoms with Gasteiger partial charge in [0.25, 0.3) is 5.91 Å². The molecule has 0 aliphatic carbocycles. The molecule has 1 fully saturated rings. The Labute approximate surface area is 151 Å². The van der Waals surface area contributed by atoms with Crippen LogP contribution in [-0.2, 0) is 4.74 Å². The van der Waals surface area contributed by atoms with Gasteiger partial charge in [-0.1, -0.05) is 12.1 Å². The predicted molar refractivity (Wildman–Crippen MR) is 99.0 cm³/mol. The molecule has 0 bridgehead atoms. The highest BCUT2D eigenvalue weighted by Gasteiger charge is 2.17. The maximum atomic E-state index is 12.5. The summed E-state index contributed by atoms with van der Waals surface area (Å²) in [5.74, 6) is 1.53. The average molecular weight is 358 g/mol. The van der Waals surface area contributed by atoms with Crippen molar-refractivity contribution in [1.82, 2.24) is 15.3 Å². The number of hydrogen-bond donors (Lipinski definition) is 2. The second-order valence-electron chi connectivity index (χ2n) is 5.72. The van der Waals surface area contributed by atoms with Crippen LogP contribution in [0.2, 0.25) is 0 Å². The zero-order chi connectivity index (χ0) is 17.3. The Morgan fingerprint density at radius 3 is 3.00 bits per heavy atom. The van der Waals surface area contributed by atoms with Crippen LogP contribution in [0.5, 0.6) is 0 Å². The first-order chi connectivity index (χ1) is 12.3. The molecule has 1 aromatic carbocycles. The maximum absolute atomic E-state index is 12.5. The fourth-order valence-corrected chi connectivity index (χ4v) is 3.71. The van der Waals surface area contributed by atoms with E-state index in [1.165, 1.54) is 0 Å². The molecule has 0 radical (unpaired) electrons. The molecule has 132 valence electrons. The van der Waals surface area contributed by atoms with E-state index in [9.17, 15) is 4.79 Å². The zero-order valence-electron chi connectivity index (χ0n) is 14.0. The third kappa shape index (κ3) is 5.44. The Kier molecular flexibility index (Phi) is 6.64. The standard InChI is InChI=1S/C18H22N4O2S/c23-18(22-10-9-21-17-12-19-7-8-20-17)15-5-1-2-6-16(15)25-13-14-4-3-11-24-14/h1-2,5-8,12,14H,3-4,9-11,13H2,(H,20,21)(H,22,23)/t14-/m1/s1. The zero-order valence-corrected chi connectivity index (χ0v) is 14.8. The van der Waals surface area contributed by atoms with Gasteiger partial charge < -0.3 is 15.4 Å². The Morgan fingerprint density at radius 1 is 1.28 bits per heavy atom. The van der Waals surface area contributed by atoms with Gasteiger partial charge in [-0.2, -0.15) is 0 Å². The Morgan fingerprint density at radius 2 is 2.20 bits per heavy atom. The lowest BCUT2D eigenvalue weighted by molar-refractivity contribution is 0.0952. The van der Waals surface area contributed by atoms with E-state index in [4.69, 9.17) is 4.74 Å². The molecule has 0 saturated carbocycles. The van der Waals surface area contributed by atoms with Crippen LogP contribution in [0.1, 0.15) is 23.2 Å². The van der Waals surface area contributed by atoms with E-state index in [1.54, 1.807) is 30.4 Å². The molecule has 3 rings (SSSR count). The molecular weight excluding hydrogens is 336 g/mol. The van der Waals surface area contributed by atoms with Gasteiger partial charge in [0.05, 0.1) is 17.9 Å². The molecular formula is C18H22N4O2S. The number of nitrogens with one attached hydrogen (secondary N) is 2. The van der Waals surface area contributed by atoms with Gasteiger partial charge in [-0.3, -0.25) is 9.78 Å². The molecule has 1 aromatic heterocycles. The van der Waals surface area contributed by atoms with Crippen LogP contribution >= 0.6 is 11.8 Å². The van der Waals surface area contributed by atoms with Crippen LogP contribution < -0.4 is 10.6 Å². The molecule has 2 aromatic rings. The van der Waals surface area contributed by atoms with Crippen LogP contribution in [0.3, 0.4) is 0 Å². The van der Waals surface area contributed by atoms with E-state index in [0.29, 0.717) is 30.6 Å². The van der Waals surface area contributed by atoms with Crippen molar-refractivity contribution >= 4 is 23.5 Å². The lowest BCUT2D eigenvalue weighted by Crippen LogP contribution is -2.29. The van der Waals surface area contributed by atoms with Crippen molar-refractivity contribution in [3.05, 3.63) is 48.4 Å². The Balaban J connectivity index is 1.47. The SMILES string of the molecule is O=C(NCCNc1cnccn1)c1ccccc1SC[C@H]1CCCO1. The predicted octanol–water partition coefficient (Wildman–Crippen LogP) is 2.59. The van der Waals surface area contributed by atoms with Crippen molar-refractivity contribution in [2.75, 3.05) is 30.8 Å². The molecule has 7 heteroatoms. The van der Waals surface area contributed by atoms with E-state index < -0.39 is 0 Å². The lowest BCUT2D eigenvalue weighted by Gasteiger charge is -2.12. The van der Waals surface area contributed by atoms with Gasteiger partial charge in [-0.05, 0) is 25.0 Å². The number of rotatable bonds is 8. The number of thioether (sulfide) groups is 1. The van der Waals surface area contributed by atoms with E-state index in [2.05, 4.69) is 20.6 Å². The highest BCUT2D eigenvalue weighted by atomic mass is 32.2. The van der Waals surface area contributed by atoms with E-state index in [-0.39, 0.29) is 5.91 Å².